The number of thiazole rings is 1. The van der Waals surface area contributed by atoms with Gasteiger partial charge in [-0.15, -0.1) is 11.3 Å². The summed E-state index contributed by atoms with van der Waals surface area (Å²) in [4.78, 5) is 41.2. The van der Waals surface area contributed by atoms with Crippen LogP contribution < -0.4 is 15.9 Å². The van der Waals surface area contributed by atoms with Gasteiger partial charge in [-0.1, -0.05) is 104 Å². The molecule has 4 heterocycles. The molecule has 54 heavy (non-hydrogen) atoms. The van der Waals surface area contributed by atoms with Gasteiger partial charge in [-0.05, 0) is 56.6 Å². The molecule has 278 valence electrons. The van der Waals surface area contributed by atoms with Gasteiger partial charge in [0.05, 0.1) is 22.9 Å². The average Bonchev–Trinajstić information content (AvgIpc) is 3.80. The Kier molecular flexibility index (Phi) is 10.8. The number of aromatic nitrogens is 3. The first-order chi connectivity index (χ1) is 26.2. The Labute approximate surface area is 320 Å². The number of ketones is 1. The Bertz CT molecular complexity index is 2180. The molecule has 4 atom stereocenters. The molecule has 7 rings (SSSR count). The van der Waals surface area contributed by atoms with Gasteiger partial charge in [0.2, 0.25) is 11.7 Å². The lowest BCUT2D eigenvalue weighted by atomic mass is 9.75. The zero-order valence-electron chi connectivity index (χ0n) is 31.1. The second-order valence-corrected chi connectivity index (χ2v) is 18.0. The van der Waals surface area contributed by atoms with Crippen molar-refractivity contribution in [2.45, 2.75) is 52.6 Å². The van der Waals surface area contributed by atoms with E-state index in [4.69, 9.17) is 14.5 Å². The summed E-state index contributed by atoms with van der Waals surface area (Å²) in [7, 11) is 0. The summed E-state index contributed by atoms with van der Waals surface area (Å²) in [6.07, 6.45) is 5.90. The van der Waals surface area contributed by atoms with Gasteiger partial charge < -0.3 is 19.5 Å². The number of fused-ring (bicyclic) bond motifs is 1. The molecule has 1 fully saturated rings. The number of rotatable bonds is 14. The Hall–Kier alpha value is -4.70. The van der Waals surface area contributed by atoms with Crippen molar-refractivity contribution < 1.29 is 24.2 Å². The number of carbonyl (C=O) groups is 2. The van der Waals surface area contributed by atoms with E-state index in [1.165, 1.54) is 11.3 Å². The molecule has 6 aromatic rings. The van der Waals surface area contributed by atoms with E-state index in [9.17, 15) is 14.7 Å². The molecule has 3 aromatic carbocycles. The van der Waals surface area contributed by atoms with Gasteiger partial charge in [0.25, 0.3) is 0 Å². The Morgan fingerprint density at radius 3 is 1.93 bits per heavy atom. The molecular formula is C43H45N4O5PS. The molecule has 1 N–H and O–H groups in total. The molecule has 0 aliphatic carbocycles. The Morgan fingerprint density at radius 2 is 1.44 bits per heavy atom. The summed E-state index contributed by atoms with van der Waals surface area (Å²) in [5.74, 6) is -3.04. The highest BCUT2D eigenvalue weighted by molar-refractivity contribution is 7.95. The smallest absolute Gasteiger partial charge is 0.244 e. The molecule has 0 unspecified atom stereocenters. The summed E-state index contributed by atoms with van der Waals surface area (Å²) in [5.41, 5.74) is 2.10. The second-order valence-electron chi connectivity index (χ2n) is 13.5. The third kappa shape index (κ3) is 6.16. The number of β-lactam (4-membered cyclic amide) rings is 1. The molecule has 0 saturated carbocycles. The van der Waals surface area contributed by atoms with Crippen molar-refractivity contribution in [2.24, 2.45) is 11.8 Å². The maximum absolute atomic E-state index is 14.7. The molecule has 0 bridgehead atoms. The van der Waals surface area contributed by atoms with Crippen molar-refractivity contribution in [2.75, 3.05) is 13.2 Å². The molecule has 11 heteroatoms. The number of likely N-dealkylation sites (tertiary alicyclic amines) is 1. The number of carbonyl (C=O) groups excluding carboxylic acids is 2. The minimum Gasteiger partial charge on any atom is -0.393 e. The topological polar surface area (TPSA) is 106 Å². The van der Waals surface area contributed by atoms with Crippen molar-refractivity contribution in [3.8, 4) is 0 Å². The maximum Gasteiger partial charge on any atom is 0.244 e. The highest BCUT2D eigenvalue weighted by Crippen LogP contribution is 2.50. The van der Waals surface area contributed by atoms with Crippen molar-refractivity contribution in [1.82, 2.24) is 19.3 Å². The average molecular weight is 761 g/mol. The minimum absolute atomic E-state index is 0.126. The van der Waals surface area contributed by atoms with Crippen LogP contribution in [-0.2, 0) is 20.1 Å². The number of hydrogen-bond donors (Lipinski definition) is 1. The zero-order valence-corrected chi connectivity index (χ0v) is 32.8. The highest BCUT2D eigenvalue weighted by Gasteiger charge is 2.55. The number of amides is 1. The predicted molar refractivity (Wildman–Crippen MR) is 216 cm³/mol. The van der Waals surface area contributed by atoms with Gasteiger partial charge in [-0.3, -0.25) is 19.0 Å². The van der Waals surface area contributed by atoms with E-state index < -0.39 is 36.7 Å². The number of pyridine rings is 1. The van der Waals surface area contributed by atoms with E-state index in [1.807, 2.05) is 104 Å². The lowest BCUT2D eigenvalue weighted by molar-refractivity contribution is -0.214. The van der Waals surface area contributed by atoms with Crippen molar-refractivity contribution >= 4 is 56.1 Å². The summed E-state index contributed by atoms with van der Waals surface area (Å²) < 4.78 is 14.5. The third-order valence-electron chi connectivity index (χ3n) is 10.4. The number of nitrogens with zero attached hydrogens (tertiary/aromatic N) is 4. The Morgan fingerprint density at radius 1 is 0.889 bits per heavy atom. The number of imidazole rings is 1. The van der Waals surface area contributed by atoms with Gasteiger partial charge in [-0.25, -0.2) is 4.98 Å². The molecule has 1 aliphatic heterocycles. The van der Waals surface area contributed by atoms with Crippen molar-refractivity contribution in [3.63, 3.8) is 0 Å². The predicted octanol–water partition coefficient (Wildman–Crippen LogP) is 6.24. The number of aliphatic hydroxyl groups is 1. The van der Waals surface area contributed by atoms with E-state index in [0.29, 0.717) is 34.2 Å². The molecule has 3 aromatic heterocycles. The van der Waals surface area contributed by atoms with Crippen LogP contribution >= 0.6 is 18.2 Å². The standard InChI is InChI=1S/C43H45N4O5PS/c1-6-51-43(52-7-2,32-18-17-25-44-26-32)40-42-46(28-45-40)27-36(54-42)39(49)29(3)38-37(30(4)48)41(50)47(38)31(5)53(33-19-11-8-12-20-33,34-21-13-9-14-22-34)35-23-15-10-16-24-35/h8-30,37-38,48H,6-7H2,1-5H3/t29-,30-,37-,38-/m1/s1. The van der Waals surface area contributed by atoms with Gasteiger partial charge in [-0.2, -0.15) is 0 Å². The van der Waals surface area contributed by atoms with Crippen molar-refractivity contribution in [3.05, 3.63) is 144 Å². The lowest BCUT2D eigenvalue weighted by Gasteiger charge is -2.53. The van der Waals surface area contributed by atoms with Crippen LogP contribution in [0.3, 0.4) is 0 Å². The molecule has 1 aliphatic rings. The molecule has 0 radical (unpaired) electrons. The first kappa shape index (κ1) is 37.6. The van der Waals surface area contributed by atoms with Crippen LogP contribution in [0, 0.1) is 11.8 Å². The summed E-state index contributed by atoms with van der Waals surface area (Å²) in [5, 5.41) is 14.4. The first-order valence-corrected chi connectivity index (χ1v) is 20.9. The van der Waals surface area contributed by atoms with Crippen molar-refractivity contribution in [1.29, 1.82) is 0 Å². The van der Waals surface area contributed by atoms with E-state index in [2.05, 4.69) is 41.4 Å². The monoisotopic (exact) mass is 760 g/mol. The Balaban J connectivity index is 1.36. The molecule has 9 nitrogen and oxygen atoms in total. The fraction of sp³-hybridized carbons (Fsp3) is 0.279. The number of benzene rings is 3. The van der Waals surface area contributed by atoms with Crippen LogP contribution in [-0.4, -0.2) is 66.8 Å². The zero-order chi connectivity index (χ0) is 38.0. The summed E-state index contributed by atoms with van der Waals surface area (Å²) >= 11 is 1.31. The van der Waals surface area contributed by atoms with Gasteiger partial charge >= 0.3 is 0 Å². The van der Waals surface area contributed by atoms with Crippen LogP contribution in [0.1, 0.15) is 55.5 Å². The van der Waals surface area contributed by atoms with E-state index in [-0.39, 0.29) is 11.7 Å². The van der Waals surface area contributed by atoms with Gasteiger partial charge in [0.15, 0.2) is 5.78 Å². The SMILES string of the molecule is CCOC(OCC)(c1cccnc1)c1ncn2cc(C(=O)[C@H](C)[C@@H]3[C@@H]([C@@H](C)O)C(=O)N3C(C)=P(c3ccccc3)(c3ccccc3)c3ccccc3)sc12. The van der Waals surface area contributed by atoms with Crippen LogP contribution in [0.5, 0.6) is 0 Å². The van der Waals surface area contributed by atoms with Gasteiger partial charge in [0, 0.05) is 48.7 Å². The van der Waals surface area contributed by atoms with Crippen LogP contribution in [0.25, 0.3) is 4.83 Å². The van der Waals surface area contributed by atoms with E-state index in [1.54, 1.807) is 31.8 Å². The van der Waals surface area contributed by atoms with Crippen LogP contribution in [0.2, 0.25) is 0 Å². The van der Waals surface area contributed by atoms with Crippen LogP contribution in [0.15, 0.2) is 128 Å². The second kappa shape index (κ2) is 15.6. The number of ether oxygens (including phenoxy) is 2. The van der Waals surface area contributed by atoms with E-state index >= 15 is 0 Å². The number of hydrogen-bond acceptors (Lipinski definition) is 8. The maximum atomic E-state index is 14.7. The lowest BCUT2D eigenvalue weighted by Crippen LogP contribution is -2.69. The fourth-order valence-corrected chi connectivity index (χ4v) is 13.6. The largest absolute Gasteiger partial charge is 0.393 e. The summed E-state index contributed by atoms with van der Waals surface area (Å²) in [6.45, 7) is 7.41. The summed E-state index contributed by atoms with van der Waals surface area (Å²) in [6, 6.07) is 34.1. The first-order valence-electron chi connectivity index (χ1n) is 18.3. The molecule has 1 amide bonds. The van der Waals surface area contributed by atoms with Crippen LogP contribution in [0.4, 0.5) is 0 Å². The molecular weight excluding hydrogens is 716 g/mol. The van der Waals surface area contributed by atoms with E-state index in [0.717, 1.165) is 21.3 Å². The quantitative estimate of drug-likeness (QED) is 0.0607. The molecule has 1 saturated heterocycles. The number of aliphatic hydroxyl groups excluding tert-OH is 1. The van der Waals surface area contributed by atoms with Gasteiger partial charge in [0.1, 0.15) is 16.9 Å². The normalized spacial score (nSPS) is 17.3. The highest BCUT2D eigenvalue weighted by atomic mass is 32.1. The number of Topliss-reactive ketones (excluding diaryl/α,β-unsaturated/α-hetero) is 1. The fourth-order valence-electron chi connectivity index (χ4n) is 8.02. The minimum atomic E-state index is -2.63. The third-order valence-corrected chi connectivity index (χ3v) is 15.9. The molecule has 0 spiro atoms.